The number of methoxy groups -OCH3 is 4. The zero-order chi connectivity index (χ0) is 28.4. The molecule has 0 unspecified atom stereocenters. The molecule has 5 rings (SSSR count). The number of carbonyl (C=O) groups is 2. The second-order valence-electron chi connectivity index (χ2n) is 9.49. The van der Waals surface area contributed by atoms with E-state index in [-0.39, 0.29) is 24.5 Å². The third kappa shape index (κ3) is 4.81. The molecule has 0 aliphatic carbocycles. The highest BCUT2D eigenvalue weighted by molar-refractivity contribution is 6.02. The molecule has 3 aromatic carbocycles. The number of hydrogen-bond donors (Lipinski definition) is 1. The van der Waals surface area contributed by atoms with E-state index in [0.29, 0.717) is 57.8 Å². The van der Waals surface area contributed by atoms with E-state index in [1.54, 1.807) is 50.4 Å². The van der Waals surface area contributed by atoms with Crippen LogP contribution >= 0.6 is 0 Å². The van der Waals surface area contributed by atoms with Crippen molar-refractivity contribution in [1.29, 1.82) is 0 Å². The molecule has 2 aliphatic rings. The second-order valence-corrected chi connectivity index (χ2v) is 9.49. The number of likely N-dealkylation sites (N-methyl/N-ethyl adjacent to an activating group) is 1. The lowest BCUT2D eigenvalue weighted by Crippen LogP contribution is -2.48. The van der Waals surface area contributed by atoms with Crippen LogP contribution in [-0.2, 0) is 4.79 Å². The van der Waals surface area contributed by atoms with Crippen molar-refractivity contribution in [3.63, 3.8) is 0 Å². The Morgan fingerprint density at radius 3 is 2.25 bits per heavy atom. The number of carbonyl (C=O) groups excluding carboxylic acids is 2. The summed E-state index contributed by atoms with van der Waals surface area (Å²) in [5.41, 5.74) is 1.60. The van der Waals surface area contributed by atoms with Crippen LogP contribution in [-0.4, -0.2) is 71.5 Å². The molecule has 3 aromatic rings. The molecule has 2 heterocycles. The van der Waals surface area contributed by atoms with Crippen LogP contribution in [0.1, 0.15) is 33.4 Å². The van der Waals surface area contributed by atoms with Crippen LogP contribution in [0.2, 0.25) is 0 Å². The zero-order valence-corrected chi connectivity index (χ0v) is 23.1. The van der Waals surface area contributed by atoms with Gasteiger partial charge in [0, 0.05) is 12.6 Å². The van der Waals surface area contributed by atoms with Crippen molar-refractivity contribution in [2.24, 2.45) is 0 Å². The average molecular weight is 549 g/mol. The first-order valence-corrected chi connectivity index (χ1v) is 12.8. The van der Waals surface area contributed by atoms with Crippen molar-refractivity contribution in [2.45, 2.75) is 18.1 Å². The van der Waals surface area contributed by atoms with Gasteiger partial charge in [-0.15, -0.1) is 0 Å². The van der Waals surface area contributed by atoms with Gasteiger partial charge in [-0.2, -0.15) is 0 Å². The summed E-state index contributed by atoms with van der Waals surface area (Å²) in [6.07, 6.45) is -0.383. The third-order valence-corrected chi connectivity index (χ3v) is 7.28. The number of rotatable bonds is 8. The normalized spacial score (nSPS) is 19.4. The summed E-state index contributed by atoms with van der Waals surface area (Å²) in [6.45, 7) is 0.504. The van der Waals surface area contributed by atoms with Gasteiger partial charge in [-0.3, -0.25) is 9.59 Å². The third-order valence-electron chi connectivity index (χ3n) is 7.28. The number of hydrogen-bond acceptors (Lipinski definition) is 8. The average Bonchev–Trinajstić information content (AvgIpc) is 3.00. The SMILES string of the molecule is COc1ccc([C@H]2[C@@H](C(=O)NC[C@@H]3COc4ccccc4O3)c3cc(OC)c(OC)cc3C(=O)N2C)cc1OC. The van der Waals surface area contributed by atoms with Crippen molar-refractivity contribution in [3.8, 4) is 34.5 Å². The van der Waals surface area contributed by atoms with Gasteiger partial charge in [-0.05, 0) is 47.5 Å². The van der Waals surface area contributed by atoms with Crippen molar-refractivity contribution < 1.29 is 38.0 Å². The molecule has 3 atom stereocenters. The number of para-hydroxylation sites is 2. The lowest BCUT2D eigenvalue weighted by atomic mass is 9.79. The second kappa shape index (κ2) is 11.3. The molecular weight excluding hydrogens is 516 g/mol. The molecule has 0 bridgehead atoms. The summed E-state index contributed by atoms with van der Waals surface area (Å²) >= 11 is 0. The topological polar surface area (TPSA) is 105 Å². The smallest absolute Gasteiger partial charge is 0.254 e. The van der Waals surface area contributed by atoms with E-state index in [1.807, 2.05) is 30.3 Å². The molecule has 0 aromatic heterocycles. The van der Waals surface area contributed by atoms with Crippen LogP contribution in [0.5, 0.6) is 34.5 Å². The molecule has 0 fully saturated rings. The van der Waals surface area contributed by atoms with Crippen LogP contribution in [0.25, 0.3) is 0 Å². The van der Waals surface area contributed by atoms with Gasteiger partial charge in [0.15, 0.2) is 34.5 Å². The molecule has 1 N–H and O–H groups in total. The first-order chi connectivity index (χ1) is 19.4. The Morgan fingerprint density at radius 2 is 1.55 bits per heavy atom. The summed E-state index contributed by atoms with van der Waals surface area (Å²) in [5.74, 6) is 1.83. The quantitative estimate of drug-likeness (QED) is 0.456. The number of benzene rings is 3. The number of amides is 2. The minimum absolute atomic E-state index is 0.211. The Labute approximate surface area is 232 Å². The maximum atomic E-state index is 14.0. The fourth-order valence-electron chi connectivity index (χ4n) is 5.27. The van der Waals surface area contributed by atoms with Crippen molar-refractivity contribution in [3.05, 3.63) is 71.3 Å². The Bertz CT molecular complexity index is 1420. The summed E-state index contributed by atoms with van der Waals surface area (Å²) in [5, 5.41) is 3.04. The van der Waals surface area contributed by atoms with E-state index >= 15 is 0 Å². The lowest BCUT2D eigenvalue weighted by molar-refractivity contribution is -0.124. The highest BCUT2D eigenvalue weighted by atomic mass is 16.6. The highest BCUT2D eigenvalue weighted by Gasteiger charge is 2.44. The highest BCUT2D eigenvalue weighted by Crippen LogP contribution is 2.47. The fraction of sp³-hybridized carbons (Fsp3) is 0.333. The lowest BCUT2D eigenvalue weighted by Gasteiger charge is -2.40. The Morgan fingerprint density at radius 1 is 0.900 bits per heavy atom. The van der Waals surface area contributed by atoms with Crippen molar-refractivity contribution in [2.75, 3.05) is 48.6 Å². The first-order valence-electron chi connectivity index (χ1n) is 12.8. The fourth-order valence-corrected chi connectivity index (χ4v) is 5.27. The Kier molecular flexibility index (Phi) is 7.59. The molecule has 0 spiro atoms. The summed E-state index contributed by atoms with van der Waals surface area (Å²) in [7, 11) is 7.79. The van der Waals surface area contributed by atoms with E-state index in [9.17, 15) is 9.59 Å². The molecule has 0 saturated carbocycles. The molecule has 40 heavy (non-hydrogen) atoms. The van der Waals surface area contributed by atoms with Crippen LogP contribution < -0.4 is 33.7 Å². The number of ether oxygens (including phenoxy) is 6. The molecule has 10 heteroatoms. The van der Waals surface area contributed by atoms with Crippen LogP contribution in [0.4, 0.5) is 0 Å². The largest absolute Gasteiger partial charge is 0.493 e. The van der Waals surface area contributed by atoms with Crippen LogP contribution in [0, 0.1) is 0 Å². The Hall–Kier alpha value is -4.60. The van der Waals surface area contributed by atoms with Gasteiger partial charge in [0.25, 0.3) is 5.91 Å². The van der Waals surface area contributed by atoms with Crippen molar-refractivity contribution in [1.82, 2.24) is 10.2 Å². The predicted octanol–water partition coefficient (Wildman–Crippen LogP) is 3.59. The van der Waals surface area contributed by atoms with Gasteiger partial charge >= 0.3 is 0 Å². The molecule has 10 nitrogen and oxygen atoms in total. The van der Waals surface area contributed by atoms with Gasteiger partial charge in [-0.1, -0.05) is 18.2 Å². The minimum Gasteiger partial charge on any atom is -0.493 e. The summed E-state index contributed by atoms with van der Waals surface area (Å²) < 4.78 is 33.8. The van der Waals surface area contributed by atoms with E-state index < -0.39 is 12.0 Å². The molecule has 2 amide bonds. The summed E-state index contributed by atoms with van der Waals surface area (Å²) in [6, 6.07) is 15.5. The maximum Gasteiger partial charge on any atom is 0.254 e. The zero-order valence-electron chi connectivity index (χ0n) is 23.1. The number of fused-ring (bicyclic) bond motifs is 2. The minimum atomic E-state index is -0.785. The van der Waals surface area contributed by atoms with Gasteiger partial charge in [-0.25, -0.2) is 0 Å². The van der Waals surface area contributed by atoms with Gasteiger partial charge in [0.05, 0.1) is 46.9 Å². The van der Waals surface area contributed by atoms with Gasteiger partial charge < -0.3 is 38.6 Å². The molecule has 210 valence electrons. The molecule has 2 aliphatic heterocycles. The standard InChI is InChI=1S/C30H32N2O8/c1-32-28(17-10-11-21(35-2)24(12-17)36-3)27(19-13-25(37-4)26(38-5)14-20(19)30(32)34)29(33)31-15-18-16-39-22-8-6-7-9-23(22)40-18/h6-14,18,27-28H,15-16H2,1-5H3,(H,31,33)/t18-,27+,28+/m1/s1. The van der Waals surface area contributed by atoms with Gasteiger partial charge in [0.2, 0.25) is 5.91 Å². The van der Waals surface area contributed by atoms with Gasteiger partial charge in [0.1, 0.15) is 12.7 Å². The first kappa shape index (κ1) is 27.0. The van der Waals surface area contributed by atoms with Crippen LogP contribution in [0.3, 0.4) is 0 Å². The summed E-state index contributed by atoms with van der Waals surface area (Å²) in [4.78, 5) is 29.3. The molecular formula is C30H32N2O8. The molecule has 0 radical (unpaired) electrons. The van der Waals surface area contributed by atoms with E-state index in [2.05, 4.69) is 5.32 Å². The maximum absolute atomic E-state index is 14.0. The van der Waals surface area contributed by atoms with Crippen LogP contribution in [0.15, 0.2) is 54.6 Å². The number of nitrogens with zero attached hydrogens (tertiary/aromatic N) is 1. The monoisotopic (exact) mass is 548 g/mol. The predicted molar refractivity (Wildman–Crippen MR) is 146 cm³/mol. The van der Waals surface area contributed by atoms with E-state index in [1.165, 1.54) is 14.2 Å². The molecule has 0 saturated heterocycles. The van der Waals surface area contributed by atoms with E-state index in [0.717, 1.165) is 0 Å². The van der Waals surface area contributed by atoms with E-state index in [4.69, 9.17) is 28.4 Å². The van der Waals surface area contributed by atoms with Crippen molar-refractivity contribution >= 4 is 11.8 Å². The Balaban J connectivity index is 1.52. The number of nitrogens with one attached hydrogen (secondary N) is 1.